The van der Waals surface area contributed by atoms with E-state index in [0.717, 1.165) is 25.9 Å². The zero-order valence-corrected chi connectivity index (χ0v) is 4.89. The van der Waals surface area contributed by atoms with Crippen molar-refractivity contribution in [2.24, 2.45) is 0 Å². The molecule has 1 saturated heterocycles. The second kappa shape index (κ2) is 2.82. The minimum absolute atomic E-state index is 0.920. The van der Waals surface area contributed by atoms with Gasteiger partial charge in [0.2, 0.25) is 0 Å². The van der Waals surface area contributed by atoms with Gasteiger partial charge in [-0.25, -0.2) is 4.79 Å². The van der Waals surface area contributed by atoms with E-state index in [1.807, 2.05) is 6.41 Å². The molecule has 0 aliphatic carbocycles. The Balaban J connectivity index is 2.22. The lowest BCUT2D eigenvalue weighted by molar-refractivity contribution is 0.411. The minimum atomic E-state index is 0.920. The van der Waals surface area contributed by atoms with Gasteiger partial charge in [-0.2, -0.15) is 0 Å². The first-order chi connectivity index (χ1) is 3.93. The average molecular weight is 112 g/mol. The van der Waals surface area contributed by atoms with Crippen LogP contribution in [-0.4, -0.2) is 19.5 Å². The van der Waals surface area contributed by atoms with Crippen molar-refractivity contribution in [1.29, 1.82) is 0 Å². The fourth-order valence-corrected chi connectivity index (χ4v) is 0.985. The monoisotopic (exact) mass is 112 g/mol. The van der Waals surface area contributed by atoms with Crippen LogP contribution in [0.5, 0.6) is 0 Å². The van der Waals surface area contributed by atoms with Gasteiger partial charge in [0, 0.05) is 12.8 Å². The molecule has 1 aliphatic heterocycles. The summed E-state index contributed by atoms with van der Waals surface area (Å²) >= 11 is 0. The molecule has 8 heavy (non-hydrogen) atoms. The molecule has 0 saturated carbocycles. The Kier molecular flexibility index (Phi) is 2.03. The SMILES string of the molecule is O=[C][N+]1CCCCC1. The van der Waals surface area contributed by atoms with Gasteiger partial charge in [0.25, 0.3) is 0 Å². The highest BCUT2D eigenvalue weighted by Gasteiger charge is 2.18. The molecule has 1 amide bonds. The van der Waals surface area contributed by atoms with E-state index in [1.165, 1.54) is 6.42 Å². The third-order valence-corrected chi connectivity index (χ3v) is 1.49. The predicted octanol–water partition coefficient (Wildman–Crippen LogP) is 0.378. The van der Waals surface area contributed by atoms with Crippen molar-refractivity contribution in [2.45, 2.75) is 19.3 Å². The molecular weight excluding hydrogens is 102 g/mol. The molecule has 2 radical (unpaired) electrons. The van der Waals surface area contributed by atoms with Crippen molar-refractivity contribution < 1.29 is 4.79 Å². The standard InChI is InChI=1S/C6H10NO/c8-6-7-4-2-1-3-5-7/h1-5H2/q+1. The number of piperidine rings is 1. The van der Waals surface area contributed by atoms with Crippen LogP contribution >= 0.6 is 0 Å². The smallest absolute Gasteiger partial charge is 0.209 e. The van der Waals surface area contributed by atoms with Gasteiger partial charge in [-0.15, -0.1) is 0 Å². The van der Waals surface area contributed by atoms with Gasteiger partial charge in [-0.1, -0.05) is 4.90 Å². The molecule has 1 heterocycles. The van der Waals surface area contributed by atoms with Crippen LogP contribution in [0.15, 0.2) is 0 Å². The summed E-state index contributed by atoms with van der Waals surface area (Å²) in [5.74, 6) is 0. The van der Waals surface area contributed by atoms with Gasteiger partial charge in [0.05, 0.1) is 0 Å². The first kappa shape index (κ1) is 5.76. The number of hydrogen-bond donors (Lipinski definition) is 0. The minimum Gasteiger partial charge on any atom is -0.209 e. The summed E-state index contributed by atoms with van der Waals surface area (Å²) in [5, 5.41) is 0. The summed E-state index contributed by atoms with van der Waals surface area (Å²) in [4.78, 5) is 11.7. The molecule has 1 aliphatic rings. The van der Waals surface area contributed by atoms with Crippen LogP contribution in [-0.2, 0) is 4.79 Å². The quantitative estimate of drug-likeness (QED) is 0.450. The van der Waals surface area contributed by atoms with Crippen molar-refractivity contribution >= 4 is 6.41 Å². The summed E-state index contributed by atoms with van der Waals surface area (Å²) in [5.41, 5.74) is 0. The molecule has 0 N–H and O–H groups in total. The number of likely N-dealkylation sites (tertiary alicyclic amines) is 1. The Hall–Kier alpha value is -0.370. The maximum atomic E-state index is 9.96. The number of nitrogens with zero attached hydrogens (tertiary/aromatic N) is 1. The predicted molar refractivity (Wildman–Crippen MR) is 31.4 cm³/mol. The van der Waals surface area contributed by atoms with Crippen LogP contribution in [0, 0.1) is 0 Å². The van der Waals surface area contributed by atoms with Crippen LogP contribution in [0.1, 0.15) is 19.3 Å². The topological polar surface area (TPSA) is 23.0 Å². The van der Waals surface area contributed by atoms with E-state index in [9.17, 15) is 4.79 Å². The van der Waals surface area contributed by atoms with E-state index in [4.69, 9.17) is 0 Å². The number of rotatable bonds is 1. The molecule has 2 nitrogen and oxygen atoms in total. The van der Waals surface area contributed by atoms with E-state index in [1.54, 1.807) is 4.90 Å². The first-order valence-electron chi connectivity index (χ1n) is 3.06. The Labute approximate surface area is 49.5 Å². The molecule has 0 aromatic heterocycles. The lowest BCUT2D eigenvalue weighted by atomic mass is 10.1. The van der Waals surface area contributed by atoms with Crippen LogP contribution in [0.2, 0.25) is 0 Å². The van der Waals surface area contributed by atoms with E-state index >= 15 is 0 Å². The van der Waals surface area contributed by atoms with Crippen LogP contribution in [0.4, 0.5) is 0 Å². The van der Waals surface area contributed by atoms with Crippen molar-refractivity contribution in [2.75, 3.05) is 13.1 Å². The number of amides is 1. The van der Waals surface area contributed by atoms with Crippen LogP contribution < -0.4 is 4.90 Å². The molecule has 0 atom stereocenters. The van der Waals surface area contributed by atoms with E-state index < -0.39 is 0 Å². The van der Waals surface area contributed by atoms with Gasteiger partial charge in [-0.3, -0.25) is 0 Å². The summed E-state index contributed by atoms with van der Waals surface area (Å²) < 4.78 is 0. The van der Waals surface area contributed by atoms with Crippen molar-refractivity contribution in [1.82, 2.24) is 4.90 Å². The first-order valence-corrected chi connectivity index (χ1v) is 3.06. The highest BCUT2D eigenvalue weighted by Crippen LogP contribution is 2.02. The Morgan fingerprint density at radius 3 is 2.12 bits per heavy atom. The molecule has 1 fully saturated rings. The fourth-order valence-electron chi connectivity index (χ4n) is 0.985. The lowest BCUT2D eigenvalue weighted by Crippen LogP contribution is -2.33. The van der Waals surface area contributed by atoms with E-state index in [-0.39, 0.29) is 0 Å². The molecule has 2 heteroatoms. The molecular formula is C6H10NO+. The highest BCUT2D eigenvalue weighted by atomic mass is 16.1. The van der Waals surface area contributed by atoms with E-state index in [0.29, 0.717) is 0 Å². The molecule has 0 aromatic rings. The highest BCUT2D eigenvalue weighted by molar-refractivity contribution is 5.51. The van der Waals surface area contributed by atoms with Crippen molar-refractivity contribution in [3.63, 3.8) is 0 Å². The molecule has 0 aromatic carbocycles. The Morgan fingerprint density at radius 2 is 1.75 bits per heavy atom. The third-order valence-electron chi connectivity index (χ3n) is 1.49. The van der Waals surface area contributed by atoms with Crippen LogP contribution in [0.3, 0.4) is 0 Å². The van der Waals surface area contributed by atoms with Gasteiger partial charge in [0.1, 0.15) is 13.1 Å². The number of hydrogen-bond acceptors (Lipinski definition) is 1. The summed E-state index contributed by atoms with van der Waals surface area (Å²) in [7, 11) is 0. The van der Waals surface area contributed by atoms with Gasteiger partial charge >= 0.3 is 6.41 Å². The molecule has 0 spiro atoms. The largest absolute Gasteiger partial charge is 0.495 e. The van der Waals surface area contributed by atoms with E-state index in [2.05, 4.69) is 0 Å². The second-order valence-electron chi connectivity index (χ2n) is 2.14. The summed E-state index contributed by atoms with van der Waals surface area (Å²) in [6, 6.07) is 0. The zero-order valence-electron chi connectivity index (χ0n) is 4.89. The van der Waals surface area contributed by atoms with Crippen LogP contribution in [0.25, 0.3) is 0 Å². The van der Waals surface area contributed by atoms with Gasteiger partial charge in [0.15, 0.2) is 0 Å². The maximum Gasteiger partial charge on any atom is 0.495 e. The Morgan fingerprint density at radius 1 is 1.12 bits per heavy atom. The maximum absolute atomic E-state index is 9.96. The fraction of sp³-hybridized carbons (Fsp3) is 0.833. The number of carbonyl (C=O) groups excluding carboxylic acids is 1. The average Bonchev–Trinajstić information content (AvgIpc) is 1.90. The molecule has 0 unspecified atom stereocenters. The van der Waals surface area contributed by atoms with Gasteiger partial charge in [-0.05, 0) is 6.42 Å². The third kappa shape index (κ3) is 1.30. The van der Waals surface area contributed by atoms with Crippen molar-refractivity contribution in [3.8, 4) is 0 Å². The summed E-state index contributed by atoms with van der Waals surface area (Å²) in [6.45, 7) is 1.84. The normalized spacial score (nSPS) is 23.0. The van der Waals surface area contributed by atoms with Gasteiger partial charge < -0.3 is 0 Å². The zero-order chi connectivity index (χ0) is 5.82. The molecule has 0 bridgehead atoms. The Bertz CT molecular complexity index is 76.6. The molecule has 1 rings (SSSR count). The summed E-state index contributed by atoms with van der Waals surface area (Å²) in [6.07, 6.45) is 5.49. The second-order valence-corrected chi connectivity index (χ2v) is 2.14. The molecule has 44 valence electrons. The van der Waals surface area contributed by atoms with Crippen molar-refractivity contribution in [3.05, 3.63) is 0 Å². The lowest BCUT2D eigenvalue weighted by Gasteiger charge is -2.07.